The van der Waals surface area contributed by atoms with Crippen LogP contribution in [0.3, 0.4) is 0 Å². The summed E-state index contributed by atoms with van der Waals surface area (Å²) in [5.74, 6) is -1.44. The predicted octanol–water partition coefficient (Wildman–Crippen LogP) is 1.75. The van der Waals surface area contributed by atoms with Crippen LogP contribution < -0.4 is 11.1 Å². The Hall–Kier alpha value is -2.43. The second-order valence-electron chi connectivity index (χ2n) is 5.63. The number of aromatic nitrogens is 2. The van der Waals surface area contributed by atoms with Crippen molar-refractivity contribution in [1.29, 1.82) is 0 Å². The molecule has 0 atom stereocenters. The fourth-order valence-corrected chi connectivity index (χ4v) is 4.45. The number of amides is 2. The fourth-order valence-electron chi connectivity index (χ4n) is 2.49. The van der Waals surface area contributed by atoms with Gasteiger partial charge in [0.1, 0.15) is 4.90 Å². The largest absolute Gasteiger partial charge is 0.364 e. The zero-order chi connectivity index (χ0) is 20.4. The summed E-state index contributed by atoms with van der Waals surface area (Å²) in [6.07, 6.45) is 0. The molecule has 0 aliphatic rings. The van der Waals surface area contributed by atoms with Gasteiger partial charge in [0.25, 0.3) is 11.8 Å². The number of aryl methyl sites for hydroxylation is 1. The molecule has 9 nitrogen and oxygen atoms in total. The second-order valence-corrected chi connectivity index (χ2v) is 7.94. The van der Waals surface area contributed by atoms with Crippen molar-refractivity contribution in [3.63, 3.8) is 0 Å². The standard InChI is InChI=1S/C16H20ClN5O4S/c1-4-22(5-2)27(25,26)12-8-10(6-7-11(12)17)16(24)19-13-9(3)20-21-14(13)15(18)23/h6-8H,4-5H2,1-3H3,(H2,18,23)(H,19,24)(H,20,21). The van der Waals surface area contributed by atoms with Crippen LogP contribution in [0.15, 0.2) is 23.1 Å². The Labute approximate surface area is 161 Å². The molecule has 0 radical (unpaired) electrons. The number of hydrogen-bond donors (Lipinski definition) is 3. The summed E-state index contributed by atoms with van der Waals surface area (Å²) >= 11 is 6.06. The highest BCUT2D eigenvalue weighted by atomic mass is 35.5. The van der Waals surface area contributed by atoms with Gasteiger partial charge in [0.15, 0.2) is 5.69 Å². The van der Waals surface area contributed by atoms with Crippen LogP contribution in [0, 0.1) is 6.92 Å². The lowest BCUT2D eigenvalue weighted by atomic mass is 10.2. The van der Waals surface area contributed by atoms with E-state index in [1.54, 1.807) is 20.8 Å². The maximum atomic E-state index is 12.7. The first-order valence-corrected chi connectivity index (χ1v) is 9.91. The Morgan fingerprint density at radius 3 is 2.48 bits per heavy atom. The molecule has 0 saturated heterocycles. The number of carbonyl (C=O) groups excluding carboxylic acids is 2. The molecule has 0 bridgehead atoms. The van der Waals surface area contributed by atoms with Crippen molar-refractivity contribution in [2.75, 3.05) is 18.4 Å². The fraction of sp³-hybridized carbons (Fsp3) is 0.312. The Morgan fingerprint density at radius 1 is 1.30 bits per heavy atom. The number of primary amides is 1. The zero-order valence-electron chi connectivity index (χ0n) is 15.0. The lowest BCUT2D eigenvalue weighted by Crippen LogP contribution is -2.31. The van der Waals surface area contributed by atoms with E-state index in [1.165, 1.54) is 22.5 Å². The maximum Gasteiger partial charge on any atom is 0.271 e. The molecule has 1 aromatic carbocycles. The smallest absolute Gasteiger partial charge is 0.271 e. The first-order chi connectivity index (χ1) is 12.6. The number of anilines is 1. The van der Waals surface area contributed by atoms with Crippen LogP contribution in [-0.2, 0) is 10.0 Å². The van der Waals surface area contributed by atoms with Gasteiger partial charge in [0.2, 0.25) is 10.0 Å². The summed E-state index contributed by atoms with van der Waals surface area (Å²) in [6, 6.07) is 3.92. The minimum Gasteiger partial charge on any atom is -0.364 e. The van der Waals surface area contributed by atoms with Gasteiger partial charge in [0, 0.05) is 18.7 Å². The average Bonchev–Trinajstić information content (AvgIpc) is 2.96. The number of nitrogens with two attached hydrogens (primary N) is 1. The number of hydrogen-bond acceptors (Lipinski definition) is 5. The summed E-state index contributed by atoms with van der Waals surface area (Å²) in [4.78, 5) is 23.8. The highest BCUT2D eigenvalue weighted by molar-refractivity contribution is 7.89. The molecule has 2 rings (SSSR count). The molecule has 11 heteroatoms. The Balaban J connectivity index is 2.43. The third kappa shape index (κ3) is 4.12. The Kier molecular flexibility index (Phi) is 6.24. The highest BCUT2D eigenvalue weighted by Crippen LogP contribution is 2.27. The number of sulfonamides is 1. The van der Waals surface area contributed by atoms with Gasteiger partial charge in [-0.25, -0.2) is 8.42 Å². The van der Waals surface area contributed by atoms with Gasteiger partial charge in [-0.15, -0.1) is 0 Å². The Bertz CT molecular complexity index is 983. The number of rotatable bonds is 7. The van der Waals surface area contributed by atoms with Crippen LogP contribution in [0.1, 0.15) is 40.4 Å². The number of H-pyrrole nitrogens is 1. The third-order valence-corrected chi connectivity index (χ3v) is 6.47. The van der Waals surface area contributed by atoms with Crippen LogP contribution >= 0.6 is 11.6 Å². The number of halogens is 1. The van der Waals surface area contributed by atoms with E-state index < -0.39 is 21.8 Å². The van der Waals surface area contributed by atoms with Crippen molar-refractivity contribution in [2.45, 2.75) is 25.7 Å². The lowest BCUT2D eigenvalue weighted by molar-refractivity contribution is 0.0996. The van der Waals surface area contributed by atoms with E-state index in [2.05, 4.69) is 15.5 Å². The quantitative estimate of drug-likeness (QED) is 0.634. The monoisotopic (exact) mass is 413 g/mol. The van der Waals surface area contributed by atoms with Crippen LogP contribution in [0.4, 0.5) is 5.69 Å². The van der Waals surface area contributed by atoms with Gasteiger partial charge in [-0.2, -0.15) is 9.40 Å². The first kappa shape index (κ1) is 20.9. The SMILES string of the molecule is CCN(CC)S(=O)(=O)c1cc(C(=O)Nc2c(C(N)=O)n[nH]c2C)ccc1Cl. The zero-order valence-corrected chi connectivity index (χ0v) is 16.6. The van der Waals surface area contributed by atoms with Crippen LogP contribution in [0.25, 0.3) is 0 Å². The summed E-state index contributed by atoms with van der Waals surface area (Å²) in [5, 5.41) is 8.84. The minimum atomic E-state index is -3.85. The van der Waals surface area contributed by atoms with Crippen molar-refractivity contribution >= 4 is 39.1 Å². The van der Waals surface area contributed by atoms with E-state index in [0.717, 1.165) is 0 Å². The van der Waals surface area contributed by atoms with E-state index >= 15 is 0 Å². The highest BCUT2D eigenvalue weighted by Gasteiger charge is 2.26. The summed E-state index contributed by atoms with van der Waals surface area (Å²) in [7, 11) is -3.85. The van der Waals surface area contributed by atoms with E-state index in [4.69, 9.17) is 17.3 Å². The second kappa shape index (κ2) is 8.07. The molecule has 2 amide bonds. The number of nitrogens with one attached hydrogen (secondary N) is 2. The number of aromatic amines is 1. The summed E-state index contributed by atoms with van der Waals surface area (Å²) < 4.78 is 26.7. The van der Waals surface area contributed by atoms with Crippen LogP contribution in [0.2, 0.25) is 5.02 Å². The van der Waals surface area contributed by atoms with E-state index in [1.807, 2.05) is 0 Å². The topological polar surface area (TPSA) is 138 Å². The molecule has 146 valence electrons. The number of carbonyl (C=O) groups is 2. The molecule has 0 saturated carbocycles. The van der Waals surface area contributed by atoms with Gasteiger partial charge in [-0.3, -0.25) is 14.7 Å². The molecular formula is C16H20ClN5O4S. The van der Waals surface area contributed by atoms with Crippen LogP contribution in [0.5, 0.6) is 0 Å². The molecule has 2 aromatic rings. The summed E-state index contributed by atoms with van der Waals surface area (Å²) in [5.41, 5.74) is 5.74. The third-order valence-electron chi connectivity index (χ3n) is 3.94. The summed E-state index contributed by atoms with van der Waals surface area (Å²) in [6.45, 7) is 5.55. The molecule has 0 aliphatic carbocycles. The lowest BCUT2D eigenvalue weighted by Gasteiger charge is -2.19. The normalized spacial score (nSPS) is 11.6. The minimum absolute atomic E-state index is 0.00997. The molecular weight excluding hydrogens is 394 g/mol. The van der Waals surface area contributed by atoms with Gasteiger partial charge < -0.3 is 11.1 Å². The van der Waals surface area contributed by atoms with Crippen molar-refractivity contribution < 1.29 is 18.0 Å². The molecule has 1 aromatic heterocycles. The van der Waals surface area contributed by atoms with Gasteiger partial charge in [-0.05, 0) is 25.1 Å². The molecule has 0 aliphatic heterocycles. The van der Waals surface area contributed by atoms with E-state index in [-0.39, 0.29) is 40.0 Å². The van der Waals surface area contributed by atoms with Crippen molar-refractivity contribution in [2.24, 2.45) is 5.73 Å². The molecule has 0 fully saturated rings. The average molecular weight is 414 g/mol. The number of nitrogens with zero attached hydrogens (tertiary/aromatic N) is 2. The van der Waals surface area contributed by atoms with Crippen LogP contribution in [-0.4, -0.2) is 47.8 Å². The van der Waals surface area contributed by atoms with Gasteiger partial charge >= 0.3 is 0 Å². The molecule has 4 N–H and O–H groups in total. The van der Waals surface area contributed by atoms with Gasteiger partial charge in [0.05, 0.1) is 16.4 Å². The van der Waals surface area contributed by atoms with E-state index in [0.29, 0.717) is 5.69 Å². The maximum absolute atomic E-state index is 12.7. The van der Waals surface area contributed by atoms with Gasteiger partial charge in [-0.1, -0.05) is 25.4 Å². The first-order valence-electron chi connectivity index (χ1n) is 8.09. The number of benzene rings is 1. The molecule has 1 heterocycles. The van der Waals surface area contributed by atoms with Crippen molar-refractivity contribution in [3.05, 3.63) is 40.2 Å². The molecule has 0 spiro atoms. The predicted molar refractivity (Wildman–Crippen MR) is 101 cm³/mol. The van der Waals surface area contributed by atoms with Crippen molar-refractivity contribution in [1.82, 2.24) is 14.5 Å². The Morgan fingerprint density at radius 2 is 1.93 bits per heavy atom. The van der Waals surface area contributed by atoms with E-state index in [9.17, 15) is 18.0 Å². The molecule has 0 unspecified atom stereocenters. The molecule has 27 heavy (non-hydrogen) atoms. The van der Waals surface area contributed by atoms with Crippen molar-refractivity contribution in [3.8, 4) is 0 Å².